The predicted molar refractivity (Wildman–Crippen MR) is 295 cm³/mol. The molecule has 1 aliphatic rings. The van der Waals surface area contributed by atoms with E-state index in [0.29, 0.717) is 17.6 Å². The number of aromatic nitrogens is 5. The van der Waals surface area contributed by atoms with Crippen LogP contribution in [0.4, 0.5) is 0 Å². The number of hydrogen-bond donors (Lipinski definition) is 0. The van der Waals surface area contributed by atoms with Gasteiger partial charge in [0.25, 0.3) is 0 Å². The summed E-state index contributed by atoms with van der Waals surface area (Å²) in [4.78, 5) is 16.7. The molecule has 3 aromatic heterocycles. The fourth-order valence-electron chi connectivity index (χ4n) is 11.5. The molecule has 0 bridgehead atoms. The van der Waals surface area contributed by atoms with Crippen molar-refractivity contribution in [2.24, 2.45) is 0 Å². The van der Waals surface area contributed by atoms with Crippen molar-refractivity contribution >= 4 is 76.4 Å². The molecule has 14 rings (SSSR count). The molecule has 0 amide bonds. The van der Waals surface area contributed by atoms with E-state index in [4.69, 9.17) is 15.0 Å². The molecule has 2 atom stereocenters. The predicted octanol–water partition coefficient (Wildman–Crippen LogP) is 16.4. The molecule has 1 aliphatic carbocycles. The first-order chi connectivity index (χ1) is 35.1. The van der Waals surface area contributed by atoms with Crippen LogP contribution in [-0.4, -0.2) is 24.1 Å². The van der Waals surface area contributed by atoms with Crippen molar-refractivity contribution < 1.29 is 0 Å². The van der Waals surface area contributed by atoms with Gasteiger partial charge in [0.2, 0.25) is 5.95 Å². The van der Waals surface area contributed by atoms with Gasteiger partial charge in [-0.2, -0.15) is 9.97 Å². The lowest BCUT2D eigenvalue weighted by Crippen LogP contribution is -2.34. The smallest absolute Gasteiger partial charge is 0.238 e. The lowest BCUT2D eigenvalue weighted by Gasteiger charge is -2.39. The summed E-state index contributed by atoms with van der Waals surface area (Å²) in [6, 6.07) is 84.9. The SMILES string of the molecule is CC1(c2nc(-c3ccccc3)nc(-n3c4ccccc4c4ccccc43)n2)C=C(c2ccccc2)C(n2c3cc4ccccc4cc3c3ccc4ccccc4c32)=CC1c1ccccc1-c1ccccc1. The molecule has 0 saturated carbocycles. The maximum absolute atomic E-state index is 5.73. The second kappa shape index (κ2) is 16.2. The summed E-state index contributed by atoms with van der Waals surface area (Å²) in [5, 5.41) is 9.54. The molecule has 10 aromatic carbocycles. The topological polar surface area (TPSA) is 48.5 Å². The van der Waals surface area contributed by atoms with E-state index in [9.17, 15) is 0 Å². The normalized spacial score (nSPS) is 16.0. The van der Waals surface area contributed by atoms with Crippen LogP contribution < -0.4 is 0 Å². The van der Waals surface area contributed by atoms with E-state index in [0.717, 1.165) is 60.8 Å². The second-order valence-corrected chi connectivity index (χ2v) is 18.9. The van der Waals surface area contributed by atoms with Gasteiger partial charge in [0.05, 0.1) is 33.2 Å². The van der Waals surface area contributed by atoms with E-state index < -0.39 is 5.41 Å². The molecular formula is C66H45N5. The zero-order valence-corrected chi connectivity index (χ0v) is 39.0. The highest BCUT2D eigenvalue weighted by Gasteiger charge is 2.43. The summed E-state index contributed by atoms with van der Waals surface area (Å²) in [6.45, 7) is 2.34. The van der Waals surface area contributed by atoms with Crippen molar-refractivity contribution in [3.8, 4) is 28.5 Å². The fourth-order valence-corrected chi connectivity index (χ4v) is 11.5. The van der Waals surface area contributed by atoms with Gasteiger partial charge in [-0.15, -0.1) is 0 Å². The first-order valence-corrected chi connectivity index (χ1v) is 24.4. The van der Waals surface area contributed by atoms with Crippen LogP contribution in [0.1, 0.15) is 29.8 Å². The molecule has 3 heterocycles. The van der Waals surface area contributed by atoms with E-state index in [1.54, 1.807) is 0 Å². The molecule has 0 radical (unpaired) electrons. The maximum Gasteiger partial charge on any atom is 0.238 e. The molecule has 5 heteroatoms. The van der Waals surface area contributed by atoms with Gasteiger partial charge in [0.1, 0.15) is 5.82 Å². The zero-order valence-electron chi connectivity index (χ0n) is 39.0. The molecule has 2 unspecified atom stereocenters. The van der Waals surface area contributed by atoms with Crippen molar-refractivity contribution in [2.75, 3.05) is 0 Å². The molecule has 334 valence electrons. The summed E-state index contributed by atoms with van der Waals surface area (Å²) < 4.78 is 4.78. The molecule has 0 aliphatic heterocycles. The Balaban J connectivity index is 1.12. The van der Waals surface area contributed by atoms with Crippen LogP contribution in [0.25, 0.3) is 105 Å². The Morgan fingerprint density at radius 3 is 1.68 bits per heavy atom. The van der Waals surface area contributed by atoms with Gasteiger partial charge in [-0.3, -0.25) is 4.57 Å². The fraction of sp³-hybridized carbons (Fsp3) is 0.0455. The largest absolute Gasteiger partial charge is 0.308 e. The Bertz CT molecular complexity index is 4240. The number of para-hydroxylation sites is 2. The minimum Gasteiger partial charge on any atom is -0.308 e. The van der Waals surface area contributed by atoms with Crippen LogP contribution in [0.3, 0.4) is 0 Å². The van der Waals surface area contributed by atoms with Crippen molar-refractivity contribution in [2.45, 2.75) is 18.3 Å². The number of allylic oxidation sites excluding steroid dienone is 4. The average Bonchev–Trinajstić information content (AvgIpc) is 3.95. The van der Waals surface area contributed by atoms with Gasteiger partial charge in [-0.1, -0.05) is 224 Å². The molecule has 13 aromatic rings. The highest BCUT2D eigenvalue weighted by atomic mass is 15.2. The third-order valence-electron chi connectivity index (χ3n) is 14.8. The van der Waals surface area contributed by atoms with Gasteiger partial charge >= 0.3 is 0 Å². The Morgan fingerprint density at radius 2 is 0.972 bits per heavy atom. The van der Waals surface area contributed by atoms with Crippen LogP contribution in [-0.2, 0) is 5.41 Å². The lowest BCUT2D eigenvalue weighted by atomic mass is 9.66. The Kier molecular flexibility index (Phi) is 9.33. The molecule has 0 spiro atoms. The van der Waals surface area contributed by atoms with Crippen molar-refractivity contribution in [3.05, 3.63) is 266 Å². The van der Waals surface area contributed by atoms with E-state index >= 15 is 0 Å². The van der Waals surface area contributed by atoms with Gasteiger partial charge in [0.15, 0.2) is 5.82 Å². The van der Waals surface area contributed by atoms with E-state index in [2.05, 4.69) is 259 Å². The second-order valence-electron chi connectivity index (χ2n) is 18.9. The summed E-state index contributed by atoms with van der Waals surface area (Å²) in [5.74, 6) is 1.60. The number of rotatable bonds is 7. The first kappa shape index (κ1) is 40.8. The van der Waals surface area contributed by atoms with Crippen LogP contribution >= 0.6 is 0 Å². The number of benzene rings is 10. The summed E-state index contributed by atoms with van der Waals surface area (Å²) in [5.41, 5.74) is 11.3. The molecule has 0 fully saturated rings. The third kappa shape index (κ3) is 6.51. The quantitative estimate of drug-likeness (QED) is 0.160. The van der Waals surface area contributed by atoms with Crippen LogP contribution in [0.5, 0.6) is 0 Å². The van der Waals surface area contributed by atoms with E-state index in [1.807, 2.05) is 6.07 Å². The molecule has 0 saturated heterocycles. The molecule has 0 N–H and O–H groups in total. The number of nitrogens with zero attached hydrogens (tertiary/aromatic N) is 5. The van der Waals surface area contributed by atoms with Gasteiger partial charge < -0.3 is 4.57 Å². The van der Waals surface area contributed by atoms with Crippen LogP contribution in [0, 0.1) is 0 Å². The Morgan fingerprint density at radius 1 is 0.408 bits per heavy atom. The third-order valence-corrected chi connectivity index (χ3v) is 14.8. The van der Waals surface area contributed by atoms with Crippen LogP contribution in [0.15, 0.2) is 249 Å². The molecule has 71 heavy (non-hydrogen) atoms. The summed E-state index contributed by atoms with van der Waals surface area (Å²) in [7, 11) is 0. The molecule has 5 nitrogen and oxygen atoms in total. The number of hydrogen-bond acceptors (Lipinski definition) is 3. The summed E-state index contributed by atoms with van der Waals surface area (Å²) in [6.07, 6.45) is 5.01. The first-order valence-electron chi connectivity index (χ1n) is 24.4. The van der Waals surface area contributed by atoms with Crippen LogP contribution in [0.2, 0.25) is 0 Å². The van der Waals surface area contributed by atoms with Gasteiger partial charge in [-0.05, 0) is 69.6 Å². The summed E-state index contributed by atoms with van der Waals surface area (Å²) >= 11 is 0. The van der Waals surface area contributed by atoms with Crippen molar-refractivity contribution in [1.82, 2.24) is 24.1 Å². The maximum atomic E-state index is 5.73. The van der Waals surface area contributed by atoms with E-state index in [-0.39, 0.29) is 5.92 Å². The Labute approximate surface area is 411 Å². The van der Waals surface area contributed by atoms with E-state index in [1.165, 1.54) is 43.4 Å². The van der Waals surface area contributed by atoms with Gasteiger partial charge in [-0.25, -0.2) is 4.98 Å². The highest BCUT2D eigenvalue weighted by Crippen LogP contribution is 2.53. The monoisotopic (exact) mass is 907 g/mol. The standard InChI is InChI=1S/C66H45N5/c1-66(64-67-63(46-26-9-4-10-27-46)68-65(69-64)71-58-35-19-17-33-52(58)53-34-18-20-36-59(53)71)42-56(44-23-7-3-8-24-44)61(41-57(66)51-32-16-15-30-49(51)43-21-5-2-6-22-43)70-60-40-48-29-12-11-28-47(48)39-55(60)54-38-37-45-25-13-14-31-50(45)62(54)70/h2-42,57H,1H3. The highest BCUT2D eigenvalue weighted by molar-refractivity contribution is 6.23. The van der Waals surface area contributed by atoms with Gasteiger partial charge in [0, 0.05) is 44.0 Å². The zero-order chi connectivity index (χ0) is 47.0. The molecular weight excluding hydrogens is 863 g/mol. The Hall–Kier alpha value is -9.19. The van der Waals surface area contributed by atoms with Crippen molar-refractivity contribution in [3.63, 3.8) is 0 Å². The number of fused-ring (bicyclic) bond motifs is 9. The average molecular weight is 908 g/mol. The minimum atomic E-state index is -0.840. The van der Waals surface area contributed by atoms with Crippen molar-refractivity contribution in [1.29, 1.82) is 0 Å². The minimum absolute atomic E-state index is 0.277. The lowest BCUT2D eigenvalue weighted by molar-refractivity contribution is 0.491.